The minimum absolute atomic E-state index is 0.301. The second-order valence-electron chi connectivity index (χ2n) is 6.04. The summed E-state index contributed by atoms with van der Waals surface area (Å²) < 4.78 is 5.46. The maximum absolute atomic E-state index is 9.70. The molecule has 0 saturated carbocycles. The third kappa shape index (κ3) is 6.04. The van der Waals surface area contributed by atoms with Gasteiger partial charge in [0.1, 0.15) is 5.75 Å². The molecule has 1 rings (SSSR count). The van der Waals surface area contributed by atoms with E-state index in [1.807, 2.05) is 26.0 Å². The Labute approximate surface area is 129 Å². The molecule has 0 aliphatic carbocycles. The highest BCUT2D eigenvalue weighted by Gasteiger charge is 2.18. The summed E-state index contributed by atoms with van der Waals surface area (Å²) in [6.45, 7) is 11.4. The van der Waals surface area contributed by atoms with Gasteiger partial charge in [-0.05, 0) is 33.4 Å². The molecule has 4 nitrogen and oxygen atoms in total. The highest BCUT2D eigenvalue weighted by atomic mass is 16.5. The zero-order chi connectivity index (χ0) is 15.9. The van der Waals surface area contributed by atoms with E-state index in [1.54, 1.807) is 7.11 Å². The van der Waals surface area contributed by atoms with E-state index < -0.39 is 5.60 Å². The molecular weight excluding hydrogens is 264 g/mol. The van der Waals surface area contributed by atoms with Crippen LogP contribution in [0.2, 0.25) is 0 Å². The Morgan fingerprint density at radius 2 is 2.00 bits per heavy atom. The zero-order valence-corrected chi connectivity index (χ0v) is 14.0. The normalized spacial score (nSPS) is 13.5. The van der Waals surface area contributed by atoms with Crippen LogP contribution in [0.15, 0.2) is 24.3 Å². The fourth-order valence-corrected chi connectivity index (χ4v) is 2.45. The van der Waals surface area contributed by atoms with Crippen LogP contribution in [-0.4, -0.2) is 48.9 Å². The molecule has 0 bridgehead atoms. The minimum Gasteiger partial charge on any atom is -0.496 e. The molecule has 0 spiro atoms. The molecule has 0 unspecified atom stereocenters. The van der Waals surface area contributed by atoms with E-state index >= 15 is 0 Å². The first-order chi connectivity index (χ1) is 9.89. The predicted molar refractivity (Wildman–Crippen MR) is 87.8 cm³/mol. The monoisotopic (exact) mass is 294 g/mol. The van der Waals surface area contributed by atoms with Crippen LogP contribution in [-0.2, 0) is 0 Å². The topological polar surface area (TPSA) is 44.7 Å². The van der Waals surface area contributed by atoms with Crippen LogP contribution in [0.1, 0.15) is 39.3 Å². The van der Waals surface area contributed by atoms with Gasteiger partial charge in [-0.2, -0.15) is 0 Å². The van der Waals surface area contributed by atoms with E-state index in [9.17, 15) is 5.11 Å². The van der Waals surface area contributed by atoms with Crippen molar-refractivity contribution in [2.45, 2.75) is 39.3 Å². The van der Waals surface area contributed by atoms with E-state index in [0.717, 1.165) is 25.4 Å². The third-order valence-corrected chi connectivity index (χ3v) is 3.68. The Bertz CT molecular complexity index is 415. The summed E-state index contributed by atoms with van der Waals surface area (Å²) >= 11 is 0. The number of hydrogen-bond acceptors (Lipinski definition) is 4. The second kappa shape index (κ2) is 8.37. The molecule has 4 heteroatoms. The van der Waals surface area contributed by atoms with Crippen molar-refractivity contribution in [1.82, 2.24) is 10.2 Å². The summed E-state index contributed by atoms with van der Waals surface area (Å²) in [4.78, 5) is 2.40. The van der Waals surface area contributed by atoms with E-state index in [-0.39, 0.29) is 0 Å². The number of rotatable bonds is 9. The van der Waals surface area contributed by atoms with Crippen LogP contribution in [0.5, 0.6) is 5.75 Å². The summed E-state index contributed by atoms with van der Waals surface area (Å²) in [7, 11) is 1.72. The summed E-state index contributed by atoms with van der Waals surface area (Å²) in [6, 6.07) is 8.48. The standard InChI is InChI=1S/C17H30N2O2/c1-6-19(12-11-18-13-17(3,4)20)14(2)15-9-7-8-10-16(15)21-5/h7-10,14,18,20H,6,11-13H2,1-5H3/t14-/m0/s1. The van der Waals surface area contributed by atoms with Crippen molar-refractivity contribution in [3.63, 3.8) is 0 Å². The maximum Gasteiger partial charge on any atom is 0.123 e. The molecule has 21 heavy (non-hydrogen) atoms. The van der Waals surface area contributed by atoms with Crippen molar-refractivity contribution in [1.29, 1.82) is 0 Å². The van der Waals surface area contributed by atoms with E-state index in [1.165, 1.54) is 5.56 Å². The molecule has 1 atom stereocenters. The quantitative estimate of drug-likeness (QED) is 0.687. The van der Waals surface area contributed by atoms with Crippen LogP contribution in [0, 0.1) is 0 Å². The number of methoxy groups -OCH3 is 1. The number of nitrogens with zero attached hydrogens (tertiary/aromatic N) is 1. The molecule has 0 aromatic heterocycles. The van der Waals surface area contributed by atoms with Crippen molar-refractivity contribution in [3.05, 3.63) is 29.8 Å². The maximum atomic E-state index is 9.70. The third-order valence-electron chi connectivity index (χ3n) is 3.68. The fraction of sp³-hybridized carbons (Fsp3) is 0.647. The van der Waals surface area contributed by atoms with Crippen LogP contribution in [0.4, 0.5) is 0 Å². The molecular formula is C17H30N2O2. The highest BCUT2D eigenvalue weighted by Crippen LogP contribution is 2.28. The molecule has 0 amide bonds. The molecule has 0 aliphatic heterocycles. The van der Waals surface area contributed by atoms with Gasteiger partial charge >= 0.3 is 0 Å². The van der Waals surface area contributed by atoms with Gasteiger partial charge in [-0.15, -0.1) is 0 Å². The molecule has 120 valence electrons. The Morgan fingerprint density at radius 1 is 1.33 bits per heavy atom. The first-order valence-electron chi connectivity index (χ1n) is 7.69. The van der Waals surface area contributed by atoms with Gasteiger partial charge in [-0.25, -0.2) is 0 Å². The van der Waals surface area contributed by atoms with Crippen molar-refractivity contribution in [3.8, 4) is 5.75 Å². The zero-order valence-electron chi connectivity index (χ0n) is 14.0. The molecule has 0 heterocycles. The molecule has 1 aromatic carbocycles. The van der Waals surface area contributed by atoms with Gasteiger partial charge in [0.2, 0.25) is 0 Å². The van der Waals surface area contributed by atoms with Gasteiger partial charge in [0.25, 0.3) is 0 Å². The predicted octanol–water partition coefficient (Wildman–Crippen LogP) is 2.44. The minimum atomic E-state index is -0.661. The van der Waals surface area contributed by atoms with Gasteiger partial charge < -0.3 is 15.2 Å². The van der Waals surface area contributed by atoms with Crippen LogP contribution in [0.25, 0.3) is 0 Å². The molecule has 0 radical (unpaired) electrons. The van der Waals surface area contributed by atoms with Gasteiger partial charge in [0.05, 0.1) is 12.7 Å². The van der Waals surface area contributed by atoms with Crippen molar-refractivity contribution in [2.75, 3.05) is 33.3 Å². The summed E-state index contributed by atoms with van der Waals surface area (Å²) in [5.41, 5.74) is 0.551. The Kier molecular flexibility index (Phi) is 7.15. The lowest BCUT2D eigenvalue weighted by Crippen LogP contribution is -2.40. The Morgan fingerprint density at radius 3 is 2.57 bits per heavy atom. The first-order valence-corrected chi connectivity index (χ1v) is 7.69. The van der Waals surface area contributed by atoms with E-state index in [4.69, 9.17) is 4.74 Å². The number of benzene rings is 1. The van der Waals surface area contributed by atoms with E-state index in [2.05, 4.69) is 36.2 Å². The lowest BCUT2D eigenvalue weighted by Gasteiger charge is -2.29. The van der Waals surface area contributed by atoms with Crippen molar-refractivity contribution >= 4 is 0 Å². The number of nitrogens with one attached hydrogen (secondary N) is 1. The molecule has 0 aliphatic rings. The number of likely N-dealkylation sites (N-methyl/N-ethyl adjacent to an activating group) is 1. The van der Waals surface area contributed by atoms with Crippen molar-refractivity contribution in [2.24, 2.45) is 0 Å². The Hall–Kier alpha value is -1.10. The molecule has 1 aromatic rings. The number of ether oxygens (including phenoxy) is 1. The Balaban J connectivity index is 2.58. The van der Waals surface area contributed by atoms with Gasteiger partial charge in [-0.3, -0.25) is 4.90 Å². The van der Waals surface area contributed by atoms with Crippen molar-refractivity contribution < 1.29 is 9.84 Å². The fourth-order valence-electron chi connectivity index (χ4n) is 2.45. The van der Waals surface area contributed by atoms with E-state index in [0.29, 0.717) is 12.6 Å². The number of aliphatic hydroxyl groups is 1. The molecule has 2 N–H and O–H groups in total. The average Bonchev–Trinajstić information content (AvgIpc) is 2.45. The number of hydrogen-bond donors (Lipinski definition) is 2. The lowest BCUT2D eigenvalue weighted by atomic mass is 10.1. The van der Waals surface area contributed by atoms with Crippen LogP contribution < -0.4 is 10.1 Å². The molecule has 0 fully saturated rings. The highest BCUT2D eigenvalue weighted by molar-refractivity contribution is 5.35. The first kappa shape index (κ1) is 18.0. The van der Waals surface area contributed by atoms with Gasteiger partial charge in [0.15, 0.2) is 0 Å². The second-order valence-corrected chi connectivity index (χ2v) is 6.04. The van der Waals surface area contributed by atoms with Gasteiger partial charge in [-0.1, -0.05) is 25.1 Å². The van der Waals surface area contributed by atoms with Crippen LogP contribution in [0.3, 0.4) is 0 Å². The van der Waals surface area contributed by atoms with Crippen LogP contribution >= 0.6 is 0 Å². The smallest absolute Gasteiger partial charge is 0.123 e. The molecule has 0 saturated heterocycles. The average molecular weight is 294 g/mol. The summed E-state index contributed by atoms with van der Waals surface area (Å²) in [5.74, 6) is 0.938. The van der Waals surface area contributed by atoms with Gasteiger partial charge in [0, 0.05) is 31.2 Å². The number of para-hydroxylation sites is 1. The summed E-state index contributed by atoms with van der Waals surface area (Å²) in [6.07, 6.45) is 0. The lowest BCUT2D eigenvalue weighted by molar-refractivity contribution is 0.0785. The largest absolute Gasteiger partial charge is 0.496 e. The SMILES string of the molecule is CCN(CCNCC(C)(C)O)[C@@H](C)c1ccccc1OC. The summed E-state index contributed by atoms with van der Waals surface area (Å²) in [5, 5.41) is 13.0.